The molecule has 0 aliphatic carbocycles. The molecule has 0 saturated carbocycles. The minimum atomic E-state index is -0.0829. The summed E-state index contributed by atoms with van der Waals surface area (Å²) in [7, 11) is 0. The maximum absolute atomic E-state index is 6.04. The van der Waals surface area contributed by atoms with Gasteiger partial charge in [0, 0.05) is 16.7 Å². The highest BCUT2D eigenvalue weighted by molar-refractivity contribution is 6.35. The molecule has 88 valence electrons. The summed E-state index contributed by atoms with van der Waals surface area (Å²) in [6, 6.07) is 5.42. The highest BCUT2D eigenvalue weighted by Gasteiger charge is 2.14. The second-order valence-electron chi connectivity index (χ2n) is 3.84. The van der Waals surface area contributed by atoms with Crippen LogP contribution in [0.1, 0.15) is 24.8 Å². The van der Waals surface area contributed by atoms with E-state index in [1.807, 2.05) is 12.1 Å². The standard InChI is InChI=1S/C12H14Cl2O2/c13-10-5-4-9(11(14)7-10)8-16-12-3-1-2-6-15-12/h4-5,7,12H,1-3,6,8H2/t12-/m0/s1. The van der Waals surface area contributed by atoms with Crippen molar-refractivity contribution in [3.63, 3.8) is 0 Å². The molecule has 1 fully saturated rings. The molecule has 0 spiro atoms. The molecule has 4 heteroatoms. The van der Waals surface area contributed by atoms with Crippen LogP contribution in [0.25, 0.3) is 0 Å². The molecular weight excluding hydrogens is 247 g/mol. The third-order valence-electron chi connectivity index (χ3n) is 2.58. The third-order valence-corrected chi connectivity index (χ3v) is 3.16. The second kappa shape index (κ2) is 5.87. The molecule has 0 aromatic heterocycles. The van der Waals surface area contributed by atoms with Gasteiger partial charge in [-0.25, -0.2) is 0 Å². The Balaban J connectivity index is 1.88. The summed E-state index contributed by atoms with van der Waals surface area (Å²) in [6.45, 7) is 1.26. The largest absolute Gasteiger partial charge is 0.353 e. The van der Waals surface area contributed by atoms with E-state index in [-0.39, 0.29) is 6.29 Å². The fraction of sp³-hybridized carbons (Fsp3) is 0.500. The predicted molar refractivity (Wildman–Crippen MR) is 64.8 cm³/mol. The number of ether oxygens (including phenoxy) is 2. The van der Waals surface area contributed by atoms with Crippen LogP contribution < -0.4 is 0 Å². The number of rotatable bonds is 3. The molecule has 0 radical (unpaired) electrons. The fourth-order valence-electron chi connectivity index (χ4n) is 1.66. The average molecular weight is 261 g/mol. The Labute approximate surface area is 105 Å². The predicted octanol–water partition coefficient (Wildman–Crippen LogP) is 4.04. The summed E-state index contributed by atoms with van der Waals surface area (Å²) >= 11 is 11.9. The Morgan fingerprint density at radius 2 is 2.19 bits per heavy atom. The molecule has 0 N–H and O–H groups in total. The molecule has 16 heavy (non-hydrogen) atoms. The lowest BCUT2D eigenvalue weighted by Crippen LogP contribution is -2.22. The van der Waals surface area contributed by atoms with Gasteiger partial charge in [-0.05, 0) is 37.0 Å². The van der Waals surface area contributed by atoms with E-state index in [9.17, 15) is 0 Å². The van der Waals surface area contributed by atoms with Crippen molar-refractivity contribution in [2.45, 2.75) is 32.2 Å². The minimum absolute atomic E-state index is 0.0829. The van der Waals surface area contributed by atoms with Crippen molar-refractivity contribution < 1.29 is 9.47 Å². The molecule has 1 aliphatic heterocycles. The van der Waals surface area contributed by atoms with Gasteiger partial charge in [0.2, 0.25) is 0 Å². The summed E-state index contributed by atoms with van der Waals surface area (Å²) in [5.74, 6) is 0. The van der Waals surface area contributed by atoms with Crippen LogP contribution in [0.2, 0.25) is 10.0 Å². The lowest BCUT2D eigenvalue weighted by atomic mass is 10.2. The molecule has 0 amide bonds. The van der Waals surface area contributed by atoms with E-state index in [2.05, 4.69) is 0 Å². The van der Waals surface area contributed by atoms with E-state index in [1.165, 1.54) is 6.42 Å². The quantitative estimate of drug-likeness (QED) is 0.817. The first-order chi connectivity index (χ1) is 7.75. The molecule has 2 nitrogen and oxygen atoms in total. The Morgan fingerprint density at radius 1 is 1.31 bits per heavy atom. The zero-order valence-electron chi connectivity index (χ0n) is 8.92. The van der Waals surface area contributed by atoms with Crippen LogP contribution in [0.4, 0.5) is 0 Å². The molecule has 1 aromatic carbocycles. The van der Waals surface area contributed by atoms with Gasteiger partial charge in [0.1, 0.15) is 0 Å². The van der Waals surface area contributed by atoms with Crippen LogP contribution in [0.15, 0.2) is 18.2 Å². The van der Waals surface area contributed by atoms with E-state index in [0.29, 0.717) is 16.7 Å². The van der Waals surface area contributed by atoms with Crippen LogP contribution in [-0.4, -0.2) is 12.9 Å². The lowest BCUT2D eigenvalue weighted by Gasteiger charge is -2.22. The molecule has 0 unspecified atom stereocenters. The summed E-state index contributed by atoms with van der Waals surface area (Å²) in [5.41, 5.74) is 0.945. The van der Waals surface area contributed by atoms with Crippen LogP contribution in [-0.2, 0) is 16.1 Å². The van der Waals surface area contributed by atoms with Crippen molar-refractivity contribution in [2.24, 2.45) is 0 Å². The van der Waals surface area contributed by atoms with E-state index in [4.69, 9.17) is 32.7 Å². The van der Waals surface area contributed by atoms with Crippen LogP contribution in [0, 0.1) is 0 Å². The fourth-order valence-corrected chi connectivity index (χ4v) is 2.13. The van der Waals surface area contributed by atoms with Gasteiger partial charge in [-0.15, -0.1) is 0 Å². The molecule has 1 heterocycles. The number of halogens is 2. The molecular formula is C12H14Cl2O2. The molecule has 0 bridgehead atoms. The SMILES string of the molecule is Clc1ccc(CO[C@H]2CCCCO2)c(Cl)c1. The summed E-state index contributed by atoms with van der Waals surface area (Å²) in [5, 5.41) is 1.28. The van der Waals surface area contributed by atoms with E-state index in [1.54, 1.807) is 6.07 Å². The molecule has 1 aliphatic rings. The zero-order chi connectivity index (χ0) is 11.4. The Morgan fingerprint density at radius 3 is 2.88 bits per heavy atom. The number of hydrogen-bond donors (Lipinski definition) is 0. The molecule has 1 atom stereocenters. The van der Waals surface area contributed by atoms with Crippen LogP contribution >= 0.6 is 23.2 Å². The van der Waals surface area contributed by atoms with Crippen LogP contribution in [0.3, 0.4) is 0 Å². The number of hydrogen-bond acceptors (Lipinski definition) is 2. The van der Waals surface area contributed by atoms with Crippen molar-refractivity contribution in [2.75, 3.05) is 6.61 Å². The van der Waals surface area contributed by atoms with Crippen molar-refractivity contribution in [3.05, 3.63) is 33.8 Å². The van der Waals surface area contributed by atoms with Crippen molar-refractivity contribution in [1.82, 2.24) is 0 Å². The molecule has 1 saturated heterocycles. The first-order valence-electron chi connectivity index (χ1n) is 5.43. The van der Waals surface area contributed by atoms with Crippen molar-refractivity contribution in [1.29, 1.82) is 0 Å². The minimum Gasteiger partial charge on any atom is -0.353 e. The highest BCUT2D eigenvalue weighted by Crippen LogP contribution is 2.23. The van der Waals surface area contributed by atoms with Gasteiger partial charge in [0.15, 0.2) is 6.29 Å². The van der Waals surface area contributed by atoms with E-state index in [0.717, 1.165) is 25.0 Å². The van der Waals surface area contributed by atoms with Crippen LogP contribution in [0.5, 0.6) is 0 Å². The molecule has 2 rings (SSSR count). The number of benzene rings is 1. The average Bonchev–Trinajstić information content (AvgIpc) is 2.29. The van der Waals surface area contributed by atoms with Crippen molar-refractivity contribution >= 4 is 23.2 Å². The van der Waals surface area contributed by atoms with Gasteiger partial charge in [0.25, 0.3) is 0 Å². The first kappa shape index (κ1) is 12.2. The van der Waals surface area contributed by atoms with Gasteiger partial charge >= 0.3 is 0 Å². The van der Waals surface area contributed by atoms with Gasteiger partial charge in [0.05, 0.1) is 6.61 Å². The topological polar surface area (TPSA) is 18.5 Å². The maximum atomic E-state index is 6.04. The Hall–Kier alpha value is -0.280. The lowest BCUT2D eigenvalue weighted by molar-refractivity contribution is -0.168. The third kappa shape index (κ3) is 3.36. The summed E-state index contributed by atoms with van der Waals surface area (Å²) < 4.78 is 11.1. The van der Waals surface area contributed by atoms with E-state index < -0.39 is 0 Å². The zero-order valence-corrected chi connectivity index (χ0v) is 10.4. The second-order valence-corrected chi connectivity index (χ2v) is 4.69. The molecule has 1 aromatic rings. The van der Waals surface area contributed by atoms with Gasteiger partial charge in [-0.3, -0.25) is 0 Å². The van der Waals surface area contributed by atoms with Gasteiger partial charge in [-0.1, -0.05) is 29.3 Å². The normalized spacial score (nSPS) is 21.0. The first-order valence-corrected chi connectivity index (χ1v) is 6.18. The van der Waals surface area contributed by atoms with Gasteiger partial charge in [-0.2, -0.15) is 0 Å². The smallest absolute Gasteiger partial charge is 0.158 e. The Bertz CT molecular complexity index is 349. The highest BCUT2D eigenvalue weighted by atomic mass is 35.5. The Kier molecular flexibility index (Phi) is 4.47. The monoisotopic (exact) mass is 260 g/mol. The summed E-state index contributed by atoms with van der Waals surface area (Å²) in [6.07, 6.45) is 3.17. The summed E-state index contributed by atoms with van der Waals surface area (Å²) in [4.78, 5) is 0. The maximum Gasteiger partial charge on any atom is 0.158 e. The van der Waals surface area contributed by atoms with Gasteiger partial charge < -0.3 is 9.47 Å². The van der Waals surface area contributed by atoms with Crippen molar-refractivity contribution in [3.8, 4) is 0 Å². The van der Waals surface area contributed by atoms with E-state index >= 15 is 0 Å².